The summed E-state index contributed by atoms with van der Waals surface area (Å²) < 4.78 is 0. The Morgan fingerprint density at radius 3 is 2.50 bits per heavy atom. The summed E-state index contributed by atoms with van der Waals surface area (Å²) in [5.41, 5.74) is 5.27. The van der Waals surface area contributed by atoms with Crippen molar-refractivity contribution >= 4 is 28.3 Å². The van der Waals surface area contributed by atoms with Crippen molar-refractivity contribution in [1.82, 2.24) is 4.90 Å². The second-order valence-electron chi connectivity index (χ2n) is 2.78. The van der Waals surface area contributed by atoms with Gasteiger partial charge >= 0.3 is 0 Å². The lowest BCUT2D eigenvalue weighted by atomic mass is 10.5. The SMILES string of the molecule is CN(C(=N)N)C(=N)N(C)c1cccs1. The Morgan fingerprint density at radius 1 is 1.43 bits per heavy atom. The lowest BCUT2D eigenvalue weighted by Crippen LogP contribution is -2.45. The topological polar surface area (TPSA) is 80.2 Å². The highest BCUT2D eigenvalue weighted by molar-refractivity contribution is 7.14. The molecule has 0 aromatic carbocycles. The molecule has 0 saturated carbocycles. The van der Waals surface area contributed by atoms with Crippen molar-refractivity contribution in [2.75, 3.05) is 19.0 Å². The zero-order valence-corrected chi connectivity index (χ0v) is 8.93. The van der Waals surface area contributed by atoms with Crippen LogP contribution in [-0.4, -0.2) is 30.9 Å². The summed E-state index contributed by atoms with van der Waals surface area (Å²) in [5.74, 6) is 0.0401. The molecule has 0 spiro atoms. The van der Waals surface area contributed by atoms with Gasteiger partial charge in [0.15, 0.2) is 5.96 Å². The van der Waals surface area contributed by atoms with Crippen LogP contribution in [-0.2, 0) is 0 Å². The number of thiophene rings is 1. The molecule has 0 unspecified atom stereocenters. The molecule has 1 heterocycles. The monoisotopic (exact) mass is 211 g/mol. The van der Waals surface area contributed by atoms with Gasteiger partial charge in [0, 0.05) is 14.1 Å². The molecular weight excluding hydrogens is 198 g/mol. The zero-order valence-electron chi connectivity index (χ0n) is 8.11. The van der Waals surface area contributed by atoms with Gasteiger partial charge in [0.1, 0.15) is 0 Å². The maximum Gasteiger partial charge on any atom is 0.205 e. The first-order valence-corrected chi connectivity index (χ1v) is 4.85. The molecule has 14 heavy (non-hydrogen) atoms. The molecule has 76 valence electrons. The van der Waals surface area contributed by atoms with Crippen molar-refractivity contribution in [3.63, 3.8) is 0 Å². The normalized spacial score (nSPS) is 9.57. The first kappa shape index (κ1) is 10.5. The fraction of sp³-hybridized carbons (Fsp3) is 0.250. The Kier molecular flexibility index (Phi) is 3.08. The summed E-state index contributed by atoms with van der Waals surface area (Å²) in [4.78, 5) is 2.98. The Labute approximate surface area is 86.8 Å². The molecule has 1 aromatic heterocycles. The lowest BCUT2D eigenvalue weighted by molar-refractivity contribution is 0.708. The smallest absolute Gasteiger partial charge is 0.205 e. The van der Waals surface area contributed by atoms with E-state index in [1.54, 1.807) is 19.0 Å². The average Bonchev–Trinajstić information content (AvgIpc) is 2.67. The van der Waals surface area contributed by atoms with Crippen LogP contribution in [0.3, 0.4) is 0 Å². The van der Waals surface area contributed by atoms with E-state index < -0.39 is 0 Å². The largest absolute Gasteiger partial charge is 0.370 e. The number of hydrogen-bond acceptors (Lipinski definition) is 3. The molecule has 0 aliphatic carbocycles. The Balaban J connectivity index is 2.76. The van der Waals surface area contributed by atoms with Crippen LogP contribution in [0, 0.1) is 10.8 Å². The summed E-state index contributed by atoms with van der Waals surface area (Å²) in [6.45, 7) is 0. The molecule has 0 radical (unpaired) electrons. The maximum absolute atomic E-state index is 7.74. The number of guanidine groups is 2. The van der Waals surface area contributed by atoms with E-state index in [0.717, 1.165) is 5.00 Å². The van der Waals surface area contributed by atoms with E-state index in [4.69, 9.17) is 16.6 Å². The first-order valence-electron chi connectivity index (χ1n) is 3.97. The summed E-state index contributed by atoms with van der Waals surface area (Å²) in [6, 6.07) is 3.82. The molecule has 0 aliphatic heterocycles. The third-order valence-electron chi connectivity index (χ3n) is 1.83. The molecule has 1 rings (SSSR count). The van der Waals surface area contributed by atoms with Crippen LogP contribution in [0.5, 0.6) is 0 Å². The predicted octanol–water partition coefficient (Wildman–Crippen LogP) is 0.944. The number of anilines is 1. The molecule has 0 amide bonds. The predicted molar refractivity (Wildman–Crippen MR) is 60.1 cm³/mol. The average molecular weight is 211 g/mol. The van der Waals surface area contributed by atoms with Crippen LogP contribution >= 0.6 is 11.3 Å². The number of nitrogens with one attached hydrogen (secondary N) is 2. The van der Waals surface area contributed by atoms with Crippen LogP contribution in [0.15, 0.2) is 17.5 Å². The van der Waals surface area contributed by atoms with Crippen LogP contribution < -0.4 is 10.6 Å². The van der Waals surface area contributed by atoms with Crippen LogP contribution in [0.4, 0.5) is 5.00 Å². The summed E-state index contributed by atoms with van der Waals surface area (Å²) in [5, 5.41) is 17.8. The van der Waals surface area contributed by atoms with Crippen molar-refractivity contribution < 1.29 is 0 Å². The van der Waals surface area contributed by atoms with Gasteiger partial charge in [-0.25, -0.2) is 0 Å². The highest BCUT2D eigenvalue weighted by Gasteiger charge is 2.13. The fourth-order valence-electron chi connectivity index (χ4n) is 0.904. The van der Waals surface area contributed by atoms with Crippen molar-refractivity contribution in [3.05, 3.63) is 17.5 Å². The molecule has 0 atom stereocenters. The second kappa shape index (κ2) is 4.10. The highest BCUT2D eigenvalue weighted by atomic mass is 32.1. The molecule has 0 bridgehead atoms. The lowest BCUT2D eigenvalue weighted by Gasteiger charge is -2.25. The van der Waals surface area contributed by atoms with Crippen LogP contribution in [0.1, 0.15) is 0 Å². The van der Waals surface area contributed by atoms with Gasteiger partial charge in [-0.1, -0.05) is 0 Å². The minimum Gasteiger partial charge on any atom is -0.370 e. The molecule has 4 N–H and O–H groups in total. The van der Waals surface area contributed by atoms with Gasteiger partial charge in [-0.2, -0.15) is 0 Å². The van der Waals surface area contributed by atoms with Gasteiger partial charge in [-0.15, -0.1) is 11.3 Å². The molecule has 0 aliphatic rings. The highest BCUT2D eigenvalue weighted by Crippen LogP contribution is 2.19. The van der Waals surface area contributed by atoms with Crippen molar-refractivity contribution in [1.29, 1.82) is 10.8 Å². The van der Waals surface area contributed by atoms with Crippen molar-refractivity contribution in [2.24, 2.45) is 5.73 Å². The van der Waals surface area contributed by atoms with E-state index in [9.17, 15) is 0 Å². The quantitative estimate of drug-likeness (QED) is 0.478. The minimum atomic E-state index is -0.140. The molecule has 1 aromatic rings. The van der Waals surface area contributed by atoms with Crippen molar-refractivity contribution in [3.8, 4) is 0 Å². The van der Waals surface area contributed by atoms with E-state index in [0.29, 0.717) is 0 Å². The Morgan fingerprint density at radius 2 is 2.07 bits per heavy atom. The van der Waals surface area contributed by atoms with Gasteiger partial charge in [0.25, 0.3) is 0 Å². The number of hydrogen-bond donors (Lipinski definition) is 3. The summed E-state index contributed by atoms with van der Waals surface area (Å²) >= 11 is 1.54. The zero-order chi connectivity index (χ0) is 10.7. The molecule has 0 saturated heterocycles. The second-order valence-corrected chi connectivity index (χ2v) is 3.70. The van der Waals surface area contributed by atoms with Crippen LogP contribution in [0.2, 0.25) is 0 Å². The molecule has 5 nitrogen and oxygen atoms in total. The minimum absolute atomic E-state index is 0.140. The first-order chi connectivity index (χ1) is 6.54. The van der Waals surface area contributed by atoms with Gasteiger partial charge in [0.2, 0.25) is 5.96 Å². The van der Waals surface area contributed by atoms with E-state index >= 15 is 0 Å². The molecular formula is C8H13N5S. The number of rotatable bonds is 1. The maximum atomic E-state index is 7.74. The van der Waals surface area contributed by atoms with E-state index in [1.165, 1.54) is 16.2 Å². The van der Waals surface area contributed by atoms with E-state index in [1.807, 2.05) is 17.5 Å². The van der Waals surface area contributed by atoms with Crippen LogP contribution in [0.25, 0.3) is 0 Å². The number of nitrogens with two attached hydrogens (primary N) is 1. The third kappa shape index (κ3) is 2.02. The van der Waals surface area contributed by atoms with E-state index in [2.05, 4.69) is 0 Å². The Bertz CT molecular complexity index is 332. The third-order valence-corrected chi connectivity index (χ3v) is 2.78. The molecule has 0 fully saturated rings. The van der Waals surface area contributed by atoms with E-state index in [-0.39, 0.29) is 11.9 Å². The summed E-state index contributed by atoms with van der Waals surface area (Å²) in [7, 11) is 3.36. The van der Waals surface area contributed by atoms with Crippen molar-refractivity contribution in [2.45, 2.75) is 0 Å². The van der Waals surface area contributed by atoms with Gasteiger partial charge < -0.3 is 10.6 Å². The van der Waals surface area contributed by atoms with Gasteiger partial charge in [-0.05, 0) is 17.5 Å². The molecule has 6 heteroatoms. The van der Waals surface area contributed by atoms with Gasteiger partial charge in [-0.3, -0.25) is 15.7 Å². The summed E-state index contributed by atoms with van der Waals surface area (Å²) in [6.07, 6.45) is 0. The Hall–Kier alpha value is -1.56. The standard InChI is InChI=1S/C8H13N5S/c1-12(6-4-3-5-14-6)8(11)13(2)7(9)10/h3-5,11H,1-2H3,(H3,9,10). The fourth-order valence-corrected chi connectivity index (χ4v) is 1.60. The van der Waals surface area contributed by atoms with Gasteiger partial charge in [0.05, 0.1) is 5.00 Å². The number of nitrogens with zero attached hydrogens (tertiary/aromatic N) is 2.